The zero-order valence-electron chi connectivity index (χ0n) is 12.2. The highest BCUT2D eigenvalue weighted by Crippen LogP contribution is 2.09. The van der Waals surface area contributed by atoms with Crippen molar-refractivity contribution in [2.45, 2.75) is 45.9 Å². The van der Waals surface area contributed by atoms with Gasteiger partial charge in [-0.1, -0.05) is 0 Å². The summed E-state index contributed by atoms with van der Waals surface area (Å²) >= 11 is 0. The molecule has 2 amide bonds. The molecule has 0 aromatic carbocycles. The van der Waals surface area contributed by atoms with Crippen LogP contribution in [-0.4, -0.2) is 61.1 Å². The van der Waals surface area contributed by atoms with Crippen molar-refractivity contribution in [1.82, 2.24) is 15.5 Å². The lowest BCUT2D eigenvalue weighted by molar-refractivity contribution is -0.129. The van der Waals surface area contributed by atoms with Gasteiger partial charge in [0, 0.05) is 19.1 Å². The van der Waals surface area contributed by atoms with Crippen molar-refractivity contribution in [1.29, 1.82) is 0 Å². The van der Waals surface area contributed by atoms with Crippen LogP contribution >= 0.6 is 0 Å². The van der Waals surface area contributed by atoms with Gasteiger partial charge in [-0.2, -0.15) is 0 Å². The molecule has 0 bridgehead atoms. The molecule has 1 fully saturated rings. The van der Waals surface area contributed by atoms with Gasteiger partial charge in [0.05, 0.1) is 25.3 Å². The number of carbonyl (C=O) groups excluding carboxylic acids is 2. The second-order valence-electron chi connectivity index (χ2n) is 5.45. The number of nitrogens with one attached hydrogen (secondary N) is 2. The van der Waals surface area contributed by atoms with Crippen molar-refractivity contribution >= 4 is 11.8 Å². The Morgan fingerprint density at radius 2 is 1.79 bits per heavy atom. The maximum atomic E-state index is 11.7. The maximum Gasteiger partial charge on any atom is 0.239 e. The zero-order chi connectivity index (χ0) is 14.4. The molecule has 0 aliphatic carbocycles. The number of amides is 2. The molecule has 1 aliphatic rings. The van der Waals surface area contributed by atoms with Crippen LogP contribution in [0.3, 0.4) is 0 Å². The van der Waals surface area contributed by atoms with E-state index in [0.29, 0.717) is 6.54 Å². The molecule has 1 heterocycles. The number of ether oxygens (including phenoxy) is 1. The minimum Gasteiger partial charge on any atom is -0.373 e. The fourth-order valence-electron chi connectivity index (χ4n) is 2.22. The third-order valence-corrected chi connectivity index (χ3v) is 2.76. The van der Waals surface area contributed by atoms with E-state index in [2.05, 4.69) is 15.5 Å². The molecule has 19 heavy (non-hydrogen) atoms. The second kappa shape index (κ2) is 7.45. The molecular weight excluding hydrogens is 246 g/mol. The van der Waals surface area contributed by atoms with Crippen LogP contribution in [0.5, 0.6) is 0 Å². The van der Waals surface area contributed by atoms with E-state index >= 15 is 0 Å². The number of hydrogen-bond acceptors (Lipinski definition) is 4. The molecule has 0 saturated carbocycles. The molecule has 0 unspecified atom stereocenters. The van der Waals surface area contributed by atoms with Gasteiger partial charge in [-0.05, 0) is 27.7 Å². The lowest BCUT2D eigenvalue weighted by atomic mass is 10.2. The Morgan fingerprint density at radius 3 is 2.32 bits per heavy atom. The van der Waals surface area contributed by atoms with Crippen molar-refractivity contribution in [2.75, 3.05) is 26.2 Å². The number of rotatable bonds is 5. The van der Waals surface area contributed by atoms with Gasteiger partial charge >= 0.3 is 0 Å². The minimum absolute atomic E-state index is 0.0342. The van der Waals surface area contributed by atoms with Crippen LogP contribution in [0.15, 0.2) is 0 Å². The molecule has 1 rings (SSSR count). The molecule has 6 heteroatoms. The number of carbonyl (C=O) groups is 2. The third-order valence-electron chi connectivity index (χ3n) is 2.76. The van der Waals surface area contributed by atoms with Gasteiger partial charge in [-0.25, -0.2) is 0 Å². The number of morpholine rings is 1. The van der Waals surface area contributed by atoms with Gasteiger partial charge in [0.2, 0.25) is 11.8 Å². The van der Waals surface area contributed by atoms with Gasteiger partial charge < -0.3 is 15.4 Å². The van der Waals surface area contributed by atoms with Crippen molar-refractivity contribution in [3.63, 3.8) is 0 Å². The van der Waals surface area contributed by atoms with Crippen molar-refractivity contribution in [3.8, 4) is 0 Å². The molecule has 6 nitrogen and oxygen atoms in total. The van der Waals surface area contributed by atoms with Crippen LogP contribution in [-0.2, 0) is 14.3 Å². The Balaban J connectivity index is 2.25. The quantitative estimate of drug-likeness (QED) is 0.722. The normalized spacial score (nSPS) is 24.3. The first-order valence-electron chi connectivity index (χ1n) is 6.80. The van der Waals surface area contributed by atoms with Crippen LogP contribution in [0, 0.1) is 0 Å². The average Bonchev–Trinajstić information content (AvgIpc) is 2.23. The summed E-state index contributed by atoms with van der Waals surface area (Å²) in [6.07, 6.45) is 0.279. The first-order valence-corrected chi connectivity index (χ1v) is 6.80. The SMILES string of the molecule is CC(C)NC(=O)CNC(=O)CN1C[C@@H](C)O[C@H](C)C1. The Morgan fingerprint density at radius 1 is 1.21 bits per heavy atom. The molecular formula is C13H25N3O3. The van der Waals surface area contributed by atoms with Crippen LogP contribution in [0.2, 0.25) is 0 Å². The fraction of sp³-hybridized carbons (Fsp3) is 0.846. The number of hydrogen-bond donors (Lipinski definition) is 2. The molecule has 110 valence electrons. The summed E-state index contributed by atoms with van der Waals surface area (Å²) in [5, 5.41) is 5.36. The summed E-state index contributed by atoms with van der Waals surface area (Å²) in [6, 6.07) is 0.0883. The van der Waals surface area contributed by atoms with E-state index in [1.807, 2.05) is 27.7 Å². The van der Waals surface area contributed by atoms with Crippen LogP contribution in [0.1, 0.15) is 27.7 Å². The Kier molecular flexibility index (Phi) is 6.24. The summed E-state index contributed by atoms with van der Waals surface area (Å²) < 4.78 is 5.60. The van der Waals surface area contributed by atoms with Gasteiger partial charge in [0.15, 0.2) is 0 Å². The monoisotopic (exact) mass is 271 g/mol. The minimum atomic E-state index is -0.160. The molecule has 0 aromatic rings. The van der Waals surface area contributed by atoms with Gasteiger partial charge in [-0.3, -0.25) is 14.5 Å². The third kappa shape index (κ3) is 6.54. The molecule has 1 saturated heterocycles. The fourth-order valence-corrected chi connectivity index (χ4v) is 2.22. The largest absolute Gasteiger partial charge is 0.373 e. The smallest absolute Gasteiger partial charge is 0.239 e. The highest BCUT2D eigenvalue weighted by Gasteiger charge is 2.23. The summed E-state index contributed by atoms with van der Waals surface area (Å²) in [5.41, 5.74) is 0. The van der Waals surface area contributed by atoms with Crippen LogP contribution in [0.4, 0.5) is 0 Å². The van der Waals surface area contributed by atoms with E-state index in [9.17, 15) is 9.59 Å². The predicted molar refractivity (Wildman–Crippen MR) is 72.7 cm³/mol. The Bertz CT molecular complexity index is 310. The first kappa shape index (κ1) is 15.9. The number of nitrogens with zero attached hydrogens (tertiary/aromatic N) is 1. The second-order valence-corrected chi connectivity index (χ2v) is 5.45. The van der Waals surface area contributed by atoms with Gasteiger partial charge in [0.25, 0.3) is 0 Å². The van der Waals surface area contributed by atoms with E-state index in [1.54, 1.807) is 0 Å². The average molecular weight is 271 g/mol. The highest BCUT2D eigenvalue weighted by molar-refractivity contribution is 5.85. The Labute approximate surface area is 114 Å². The standard InChI is InChI=1S/C13H25N3O3/c1-9(2)15-12(17)5-14-13(18)8-16-6-10(3)19-11(4)7-16/h9-11H,5-8H2,1-4H3,(H,14,18)(H,15,17)/t10-,11-/m1/s1. The maximum absolute atomic E-state index is 11.7. The molecule has 0 spiro atoms. The lowest BCUT2D eigenvalue weighted by Gasteiger charge is -2.34. The van der Waals surface area contributed by atoms with Crippen molar-refractivity contribution in [2.24, 2.45) is 0 Å². The predicted octanol–water partition coefficient (Wildman–Crippen LogP) is -0.264. The molecule has 1 aliphatic heterocycles. The zero-order valence-corrected chi connectivity index (χ0v) is 12.2. The van der Waals surface area contributed by atoms with Crippen LogP contribution in [0.25, 0.3) is 0 Å². The summed E-state index contributed by atoms with van der Waals surface area (Å²) in [4.78, 5) is 25.2. The van der Waals surface area contributed by atoms with E-state index in [4.69, 9.17) is 4.74 Å². The van der Waals surface area contributed by atoms with Crippen molar-refractivity contribution in [3.05, 3.63) is 0 Å². The molecule has 0 radical (unpaired) electrons. The Hall–Kier alpha value is -1.14. The van der Waals surface area contributed by atoms with E-state index in [1.165, 1.54) is 0 Å². The lowest BCUT2D eigenvalue weighted by Crippen LogP contribution is -2.50. The van der Waals surface area contributed by atoms with E-state index in [-0.39, 0.29) is 36.6 Å². The molecule has 0 aromatic heterocycles. The van der Waals surface area contributed by atoms with Gasteiger partial charge in [-0.15, -0.1) is 0 Å². The highest BCUT2D eigenvalue weighted by atomic mass is 16.5. The first-order chi connectivity index (χ1) is 8.86. The topological polar surface area (TPSA) is 70.7 Å². The van der Waals surface area contributed by atoms with E-state index in [0.717, 1.165) is 13.1 Å². The molecule has 2 N–H and O–H groups in total. The van der Waals surface area contributed by atoms with Crippen molar-refractivity contribution < 1.29 is 14.3 Å². The molecule has 2 atom stereocenters. The van der Waals surface area contributed by atoms with Crippen LogP contribution < -0.4 is 10.6 Å². The summed E-state index contributed by atoms with van der Waals surface area (Å²) in [7, 11) is 0. The summed E-state index contributed by atoms with van der Waals surface area (Å²) in [6.45, 7) is 9.60. The summed E-state index contributed by atoms with van der Waals surface area (Å²) in [5.74, 6) is -0.285. The van der Waals surface area contributed by atoms with Gasteiger partial charge in [0.1, 0.15) is 0 Å². The van der Waals surface area contributed by atoms with E-state index < -0.39 is 0 Å².